The normalized spacial score (nSPS) is 12.0. The van der Waals surface area contributed by atoms with E-state index in [9.17, 15) is 0 Å². The lowest BCUT2D eigenvalue weighted by Crippen LogP contribution is -2.35. The summed E-state index contributed by atoms with van der Waals surface area (Å²) in [5, 5.41) is 3.53. The van der Waals surface area contributed by atoms with Crippen molar-refractivity contribution in [3.05, 3.63) is 28.2 Å². The van der Waals surface area contributed by atoms with Crippen LogP contribution in [0.15, 0.2) is 22.7 Å². The van der Waals surface area contributed by atoms with Gasteiger partial charge < -0.3 is 15.1 Å². The van der Waals surface area contributed by atoms with Gasteiger partial charge in [0.2, 0.25) is 0 Å². The first-order chi connectivity index (χ1) is 9.69. The Morgan fingerprint density at radius 2 is 1.76 bits per heavy atom. The number of benzene rings is 1. The fraction of sp³-hybridized carbons (Fsp3) is 0.647. The van der Waals surface area contributed by atoms with Gasteiger partial charge in [-0.2, -0.15) is 0 Å². The van der Waals surface area contributed by atoms with Crippen LogP contribution >= 0.6 is 15.9 Å². The Labute approximate surface area is 138 Å². The molecular weight excluding hydrogens is 326 g/mol. The van der Waals surface area contributed by atoms with Crippen molar-refractivity contribution < 1.29 is 0 Å². The van der Waals surface area contributed by atoms with E-state index in [0.717, 1.165) is 19.6 Å². The van der Waals surface area contributed by atoms with Crippen molar-refractivity contribution in [2.24, 2.45) is 0 Å². The van der Waals surface area contributed by atoms with Gasteiger partial charge >= 0.3 is 0 Å². The van der Waals surface area contributed by atoms with Crippen LogP contribution in [-0.4, -0.2) is 44.7 Å². The minimum absolute atomic E-state index is 0.140. The summed E-state index contributed by atoms with van der Waals surface area (Å²) in [5.41, 5.74) is 2.71. The van der Waals surface area contributed by atoms with Gasteiger partial charge in [-0.3, -0.25) is 0 Å². The molecule has 0 saturated heterocycles. The van der Waals surface area contributed by atoms with Gasteiger partial charge in [0.1, 0.15) is 0 Å². The second-order valence-corrected chi connectivity index (χ2v) is 7.81. The largest absolute Gasteiger partial charge is 0.375 e. The Hall–Kier alpha value is -0.580. The molecule has 3 nitrogen and oxygen atoms in total. The van der Waals surface area contributed by atoms with E-state index < -0.39 is 0 Å². The molecule has 0 atom stereocenters. The van der Waals surface area contributed by atoms with Crippen LogP contribution in [0, 0.1) is 0 Å². The van der Waals surface area contributed by atoms with Gasteiger partial charge in [0.05, 0.1) is 0 Å². The summed E-state index contributed by atoms with van der Waals surface area (Å²) in [5.74, 6) is 0. The van der Waals surface area contributed by atoms with Crippen LogP contribution in [0.5, 0.6) is 0 Å². The van der Waals surface area contributed by atoms with Crippen molar-refractivity contribution in [1.82, 2.24) is 10.2 Å². The maximum absolute atomic E-state index is 3.70. The Balaban J connectivity index is 2.60. The van der Waals surface area contributed by atoms with Crippen LogP contribution in [0.1, 0.15) is 32.8 Å². The average Bonchev–Trinajstić information content (AvgIpc) is 2.35. The second kappa shape index (κ2) is 8.16. The molecule has 0 aliphatic rings. The lowest BCUT2D eigenvalue weighted by molar-refractivity contribution is 0.401. The predicted octanol–water partition coefficient (Wildman–Crippen LogP) is 3.73. The quantitative estimate of drug-likeness (QED) is 0.803. The Kier molecular flexibility index (Phi) is 7.17. The predicted molar refractivity (Wildman–Crippen MR) is 97.2 cm³/mol. The lowest BCUT2D eigenvalue weighted by atomic mass is 10.1. The van der Waals surface area contributed by atoms with Crippen molar-refractivity contribution in [3.63, 3.8) is 0 Å². The van der Waals surface area contributed by atoms with Crippen LogP contribution < -0.4 is 10.2 Å². The van der Waals surface area contributed by atoms with E-state index in [1.807, 2.05) is 0 Å². The molecule has 0 aromatic heterocycles. The summed E-state index contributed by atoms with van der Waals surface area (Å²) < 4.78 is 1.18. The molecule has 4 heteroatoms. The van der Waals surface area contributed by atoms with Gasteiger partial charge in [0.15, 0.2) is 0 Å². The van der Waals surface area contributed by atoms with Crippen LogP contribution in [-0.2, 0) is 6.54 Å². The molecule has 1 rings (SSSR count). The van der Waals surface area contributed by atoms with Crippen LogP contribution in [0.4, 0.5) is 5.69 Å². The van der Waals surface area contributed by atoms with Gasteiger partial charge in [-0.05, 0) is 65.5 Å². The summed E-state index contributed by atoms with van der Waals surface area (Å²) in [4.78, 5) is 4.54. The van der Waals surface area contributed by atoms with E-state index in [1.54, 1.807) is 0 Å². The van der Waals surface area contributed by atoms with Crippen LogP contribution in [0.2, 0.25) is 0 Å². The molecule has 1 aromatic rings. The molecule has 0 aliphatic heterocycles. The van der Waals surface area contributed by atoms with Crippen molar-refractivity contribution in [1.29, 1.82) is 0 Å². The monoisotopic (exact) mass is 355 g/mol. The molecule has 0 saturated carbocycles. The van der Waals surface area contributed by atoms with Gasteiger partial charge in [-0.1, -0.05) is 22.0 Å². The highest BCUT2D eigenvalue weighted by molar-refractivity contribution is 9.10. The first-order valence-electron chi connectivity index (χ1n) is 7.58. The van der Waals surface area contributed by atoms with E-state index in [1.165, 1.54) is 22.1 Å². The molecule has 21 heavy (non-hydrogen) atoms. The Morgan fingerprint density at radius 1 is 1.10 bits per heavy atom. The maximum Gasteiger partial charge on any atom is 0.0375 e. The number of nitrogens with one attached hydrogen (secondary N) is 1. The number of hydrogen-bond acceptors (Lipinski definition) is 3. The molecule has 0 spiro atoms. The fourth-order valence-corrected chi connectivity index (χ4v) is 2.54. The summed E-state index contributed by atoms with van der Waals surface area (Å²) >= 11 is 3.70. The maximum atomic E-state index is 3.70. The van der Waals surface area contributed by atoms with E-state index in [0.29, 0.717) is 0 Å². The van der Waals surface area contributed by atoms with Crippen LogP contribution in [0.3, 0.4) is 0 Å². The molecule has 0 heterocycles. The van der Waals surface area contributed by atoms with E-state index in [2.05, 4.69) is 91.2 Å². The third kappa shape index (κ3) is 7.30. The highest BCUT2D eigenvalue weighted by Gasteiger charge is 2.11. The van der Waals surface area contributed by atoms with Gasteiger partial charge in [-0.15, -0.1) is 0 Å². The highest BCUT2D eigenvalue weighted by Crippen LogP contribution is 2.24. The van der Waals surface area contributed by atoms with Crippen LogP contribution in [0.25, 0.3) is 0 Å². The zero-order valence-corrected chi connectivity index (χ0v) is 15.9. The van der Waals surface area contributed by atoms with Gasteiger partial charge in [0, 0.05) is 35.8 Å². The summed E-state index contributed by atoms with van der Waals surface area (Å²) in [6.07, 6.45) is 1.18. The Bertz CT molecular complexity index is 438. The number of nitrogens with zero attached hydrogens (tertiary/aromatic N) is 2. The zero-order chi connectivity index (χ0) is 16.0. The highest BCUT2D eigenvalue weighted by atomic mass is 79.9. The van der Waals surface area contributed by atoms with Crippen molar-refractivity contribution >= 4 is 21.6 Å². The summed E-state index contributed by atoms with van der Waals surface area (Å²) in [7, 11) is 6.39. The zero-order valence-electron chi connectivity index (χ0n) is 14.3. The third-order valence-electron chi connectivity index (χ3n) is 3.39. The molecule has 0 aliphatic carbocycles. The van der Waals surface area contributed by atoms with E-state index >= 15 is 0 Å². The molecular formula is C17H30BrN3. The number of anilines is 1. The Morgan fingerprint density at radius 3 is 2.29 bits per heavy atom. The molecule has 120 valence electrons. The van der Waals surface area contributed by atoms with Gasteiger partial charge in [-0.25, -0.2) is 0 Å². The standard InChI is InChI=1S/C17H30BrN3/c1-17(2,3)19-13-14-8-9-15(12-16(14)18)21(6)11-7-10-20(4)5/h8-9,12,19H,7,10-11,13H2,1-6H3. The topological polar surface area (TPSA) is 18.5 Å². The van der Waals surface area contributed by atoms with Gasteiger partial charge in [0.25, 0.3) is 0 Å². The molecule has 1 aromatic carbocycles. The molecule has 0 radical (unpaired) electrons. The number of halogens is 1. The van der Waals surface area contributed by atoms with E-state index in [4.69, 9.17) is 0 Å². The molecule has 0 bridgehead atoms. The van der Waals surface area contributed by atoms with Crippen molar-refractivity contribution in [2.75, 3.05) is 39.1 Å². The van der Waals surface area contributed by atoms with E-state index in [-0.39, 0.29) is 5.54 Å². The van der Waals surface area contributed by atoms with Crippen molar-refractivity contribution in [2.45, 2.75) is 39.3 Å². The fourth-order valence-electron chi connectivity index (χ4n) is 2.03. The first kappa shape index (κ1) is 18.5. The molecule has 1 N–H and O–H groups in total. The smallest absolute Gasteiger partial charge is 0.0375 e. The lowest BCUT2D eigenvalue weighted by Gasteiger charge is -2.23. The number of hydrogen-bond donors (Lipinski definition) is 1. The third-order valence-corrected chi connectivity index (χ3v) is 4.12. The molecule has 0 fully saturated rings. The average molecular weight is 356 g/mol. The van der Waals surface area contributed by atoms with Crippen molar-refractivity contribution in [3.8, 4) is 0 Å². The SMILES string of the molecule is CN(C)CCCN(C)c1ccc(CNC(C)(C)C)c(Br)c1. The summed E-state index contributed by atoms with van der Waals surface area (Å²) in [6.45, 7) is 9.65. The first-order valence-corrected chi connectivity index (χ1v) is 8.37. The summed E-state index contributed by atoms with van der Waals surface area (Å²) in [6, 6.07) is 6.63. The minimum Gasteiger partial charge on any atom is -0.375 e. The second-order valence-electron chi connectivity index (χ2n) is 6.96. The number of rotatable bonds is 7. The molecule has 0 unspecified atom stereocenters. The molecule has 0 amide bonds. The minimum atomic E-state index is 0.140.